The molecule has 0 saturated heterocycles. The maximum atomic E-state index is 12.7. The molecule has 0 aromatic heterocycles. The quantitative estimate of drug-likeness (QED) is 0.641. The van der Waals surface area contributed by atoms with Gasteiger partial charge in [-0.25, -0.2) is 0 Å². The summed E-state index contributed by atoms with van der Waals surface area (Å²) in [6.45, 7) is 5.88. The van der Waals surface area contributed by atoms with Gasteiger partial charge in [-0.1, -0.05) is 59.3 Å². The molecule has 2 amide bonds. The van der Waals surface area contributed by atoms with Gasteiger partial charge in [-0.05, 0) is 43.5 Å². The topological polar surface area (TPSA) is 61.4 Å². The van der Waals surface area contributed by atoms with Gasteiger partial charge < -0.3 is 10.2 Å². The molecule has 0 heterocycles. The van der Waals surface area contributed by atoms with Crippen LogP contribution in [0.25, 0.3) is 0 Å². The average molecular weight is 446 g/mol. The van der Waals surface area contributed by atoms with E-state index in [0.29, 0.717) is 0 Å². The number of amides is 2. The summed E-state index contributed by atoms with van der Waals surface area (Å²) in [6.07, 6.45) is 0.832. The number of hydrogen-bond acceptors (Lipinski definition) is 3. The Bertz CT molecular complexity index is 825. The lowest BCUT2D eigenvalue weighted by atomic mass is 10.1. The van der Waals surface area contributed by atoms with Crippen molar-refractivity contribution in [3.63, 3.8) is 0 Å². The molecule has 0 spiro atoms. The van der Waals surface area contributed by atoms with E-state index in [1.54, 1.807) is 7.05 Å². The molecule has 0 saturated carbocycles. The minimum absolute atomic E-state index is 0.00626. The maximum absolute atomic E-state index is 12.7. The minimum Gasteiger partial charge on any atom is -0.335 e. The molecule has 0 aliphatic heterocycles. The van der Waals surface area contributed by atoms with Gasteiger partial charge in [0.15, 0.2) is 0 Å². The summed E-state index contributed by atoms with van der Waals surface area (Å²) in [7, 11) is 1.65. The number of hydrogen-bond donors (Lipinski definition) is 2. The number of likely N-dealkylation sites (N-methyl/N-ethyl adjacent to an activating group) is 1. The average Bonchev–Trinajstić information content (AvgIpc) is 2.67. The molecule has 0 radical (unpaired) electrons. The molecule has 2 aromatic carbocycles. The van der Waals surface area contributed by atoms with Gasteiger partial charge in [0.2, 0.25) is 11.8 Å². The van der Waals surface area contributed by atoms with E-state index in [4.69, 9.17) is 0 Å². The summed E-state index contributed by atoms with van der Waals surface area (Å²) in [5, 5.41) is 6.21. The van der Waals surface area contributed by atoms with Gasteiger partial charge in [0.25, 0.3) is 0 Å². The van der Waals surface area contributed by atoms with Crippen molar-refractivity contribution < 1.29 is 9.59 Å². The zero-order valence-corrected chi connectivity index (χ0v) is 18.4. The first-order valence-electron chi connectivity index (χ1n) is 9.46. The van der Waals surface area contributed by atoms with E-state index >= 15 is 0 Å². The van der Waals surface area contributed by atoms with Crippen LogP contribution in [0, 0.1) is 0 Å². The van der Waals surface area contributed by atoms with Crippen LogP contribution in [0.1, 0.15) is 37.9 Å². The van der Waals surface area contributed by atoms with Gasteiger partial charge in [0, 0.05) is 23.2 Å². The van der Waals surface area contributed by atoms with Crippen LogP contribution < -0.4 is 10.6 Å². The lowest BCUT2D eigenvalue weighted by Crippen LogP contribution is -2.46. The summed E-state index contributed by atoms with van der Waals surface area (Å²) < 4.78 is 0.997. The van der Waals surface area contributed by atoms with Gasteiger partial charge in [-0.3, -0.25) is 14.9 Å². The lowest BCUT2D eigenvalue weighted by molar-refractivity contribution is -0.135. The highest BCUT2D eigenvalue weighted by Gasteiger charge is 2.22. The Kier molecular flexibility index (Phi) is 8.20. The molecule has 2 unspecified atom stereocenters. The number of carbonyl (C=O) groups is 2. The number of rotatable bonds is 8. The van der Waals surface area contributed by atoms with Crippen molar-refractivity contribution in [1.29, 1.82) is 0 Å². The summed E-state index contributed by atoms with van der Waals surface area (Å²) >= 11 is 3.54. The Hall–Kier alpha value is -2.18. The number of anilines is 1. The van der Waals surface area contributed by atoms with Crippen LogP contribution in [0.4, 0.5) is 5.69 Å². The predicted octanol–water partition coefficient (Wildman–Crippen LogP) is 4.15. The number of benzene rings is 2. The van der Waals surface area contributed by atoms with Crippen LogP contribution in [0.2, 0.25) is 0 Å². The van der Waals surface area contributed by atoms with Gasteiger partial charge in [-0.15, -0.1) is 0 Å². The second-order valence-corrected chi connectivity index (χ2v) is 7.74. The number of aryl methyl sites for hydroxylation is 1. The van der Waals surface area contributed by atoms with Gasteiger partial charge in [0.05, 0.1) is 12.6 Å². The van der Waals surface area contributed by atoms with Crippen LogP contribution >= 0.6 is 15.9 Å². The smallest absolute Gasteiger partial charge is 0.243 e. The molecule has 2 atom stereocenters. The van der Waals surface area contributed by atoms with Gasteiger partial charge in [-0.2, -0.15) is 0 Å². The summed E-state index contributed by atoms with van der Waals surface area (Å²) in [5.41, 5.74) is 2.95. The molecule has 0 bridgehead atoms. The Morgan fingerprint density at radius 2 is 1.71 bits per heavy atom. The first-order chi connectivity index (χ1) is 13.3. The third-order valence-corrected chi connectivity index (χ3v) is 5.39. The molecule has 0 aliphatic carbocycles. The van der Waals surface area contributed by atoms with Crippen LogP contribution in [-0.4, -0.2) is 36.3 Å². The van der Waals surface area contributed by atoms with Crippen molar-refractivity contribution in [3.05, 3.63) is 64.1 Å². The second kappa shape index (κ2) is 10.4. The Balaban J connectivity index is 1.92. The van der Waals surface area contributed by atoms with Gasteiger partial charge in [0.1, 0.15) is 0 Å². The molecular formula is C22H28BrN3O2. The van der Waals surface area contributed by atoms with Crippen LogP contribution in [-0.2, 0) is 16.0 Å². The molecule has 2 aromatic rings. The minimum atomic E-state index is -0.414. The number of halogens is 1. The normalized spacial score (nSPS) is 12.9. The van der Waals surface area contributed by atoms with Crippen molar-refractivity contribution in [2.24, 2.45) is 0 Å². The molecule has 0 fully saturated rings. The molecular weight excluding hydrogens is 418 g/mol. The van der Waals surface area contributed by atoms with E-state index in [1.807, 2.05) is 69.3 Å². The fraction of sp³-hybridized carbons (Fsp3) is 0.364. The van der Waals surface area contributed by atoms with Crippen LogP contribution in [0.5, 0.6) is 0 Å². The summed E-state index contributed by atoms with van der Waals surface area (Å²) in [4.78, 5) is 26.5. The van der Waals surface area contributed by atoms with Crippen LogP contribution in [0.3, 0.4) is 0 Å². The van der Waals surface area contributed by atoms with Crippen molar-refractivity contribution in [2.75, 3.05) is 18.9 Å². The van der Waals surface area contributed by atoms with Crippen molar-refractivity contribution >= 4 is 33.4 Å². The van der Waals surface area contributed by atoms with Crippen molar-refractivity contribution in [2.45, 2.75) is 39.3 Å². The molecule has 150 valence electrons. The third-order valence-electron chi connectivity index (χ3n) is 4.67. The number of para-hydroxylation sites is 1. The summed E-state index contributed by atoms with van der Waals surface area (Å²) in [6, 6.07) is 15.2. The fourth-order valence-corrected chi connectivity index (χ4v) is 3.75. The van der Waals surface area contributed by atoms with Crippen LogP contribution in [0.15, 0.2) is 53.0 Å². The molecule has 28 heavy (non-hydrogen) atoms. The zero-order valence-electron chi connectivity index (χ0n) is 16.8. The van der Waals surface area contributed by atoms with E-state index in [-0.39, 0.29) is 24.4 Å². The first-order valence-corrected chi connectivity index (χ1v) is 10.3. The second-order valence-electron chi connectivity index (χ2n) is 6.88. The lowest BCUT2D eigenvalue weighted by Gasteiger charge is -2.25. The van der Waals surface area contributed by atoms with Crippen molar-refractivity contribution in [1.82, 2.24) is 10.2 Å². The maximum Gasteiger partial charge on any atom is 0.243 e. The fourth-order valence-electron chi connectivity index (χ4n) is 3.13. The van der Waals surface area contributed by atoms with Gasteiger partial charge >= 0.3 is 0 Å². The first kappa shape index (κ1) is 22.1. The highest BCUT2D eigenvalue weighted by atomic mass is 79.9. The van der Waals surface area contributed by atoms with E-state index in [9.17, 15) is 9.59 Å². The van der Waals surface area contributed by atoms with E-state index < -0.39 is 6.04 Å². The highest BCUT2D eigenvalue weighted by molar-refractivity contribution is 9.10. The van der Waals surface area contributed by atoms with E-state index in [2.05, 4.69) is 26.6 Å². The predicted molar refractivity (Wildman–Crippen MR) is 117 cm³/mol. The van der Waals surface area contributed by atoms with E-state index in [1.165, 1.54) is 4.90 Å². The zero-order chi connectivity index (χ0) is 20.7. The molecule has 5 nitrogen and oxygen atoms in total. The molecule has 2 rings (SSSR count). The Morgan fingerprint density at radius 1 is 1.07 bits per heavy atom. The third kappa shape index (κ3) is 5.91. The SMILES string of the molecule is CCc1ccccc1NC(=O)CN(C)C(=O)C(C)NC(C)c1ccccc1Br. The number of nitrogens with one attached hydrogen (secondary N) is 2. The molecule has 6 heteroatoms. The summed E-state index contributed by atoms with van der Waals surface area (Å²) in [5.74, 6) is -0.333. The molecule has 0 aliphatic rings. The highest BCUT2D eigenvalue weighted by Crippen LogP contribution is 2.23. The number of carbonyl (C=O) groups excluding carboxylic acids is 2. The van der Waals surface area contributed by atoms with Crippen molar-refractivity contribution in [3.8, 4) is 0 Å². The largest absolute Gasteiger partial charge is 0.335 e. The Morgan fingerprint density at radius 3 is 2.39 bits per heavy atom. The Labute approximate surface area is 175 Å². The number of nitrogens with zero attached hydrogens (tertiary/aromatic N) is 1. The van der Waals surface area contributed by atoms with E-state index in [0.717, 1.165) is 27.7 Å². The monoisotopic (exact) mass is 445 g/mol. The molecule has 2 N–H and O–H groups in total. The standard InChI is InChI=1S/C22H28BrN3O2/c1-5-17-10-6-9-13-20(17)25-21(27)14-26(4)22(28)16(3)24-15(2)18-11-7-8-12-19(18)23/h6-13,15-16,24H,5,14H2,1-4H3,(H,25,27).